The van der Waals surface area contributed by atoms with Gasteiger partial charge in [-0.05, 0) is 30.3 Å². The number of thioether (sulfide) groups is 1. The fourth-order valence-corrected chi connectivity index (χ4v) is 5.22. The highest BCUT2D eigenvalue weighted by Gasteiger charge is 2.50. The molecule has 1 fully saturated rings. The fraction of sp³-hybridized carbons (Fsp3) is 0.286. The van der Waals surface area contributed by atoms with Crippen molar-refractivity contribution in [3.05, 3.63) is 47.5 Å². The van der Waals surface area contributed by atoms with Crippen molar-refractivity contribution in [1.29, 1.82) is 0 Å². The molecule has 8 nitrogen and oxygen atoms in total. The summed E-state index contributed by atoms with van der Waals surface area (Å²) in [7, 11) is 3.02. The van der Waals surface area contributed by atoms with Gasteiger partial charge in [0, 0.05) is 29.6 Å². The number of hydrogen-bond donors (Lipinski definition) is 2. The van der Waals surface area contributed by atoms with Crippen molar-refractivity contribution in [2.24, 2.45) is 0 Å². The lowest BCUT2D eigenvalue weighted by molar-refractivity contribution is -0.119. The molecule has 1 saturated heterocycles. The van der Waals surface area contributed by atoms with E-state index in [2.05, 4.69) is 10.6 Å². The Morgan fingerprint density at radius 3 is 2.30 bits per heavy atom. The maximum absolute atomic E-state index is 13.2. The van der Waals surface area contributed by atoms with E-state index in [0.29, 0.717) is 34.2 Å². The quantitative estimate of drug-likeness (QED) is 0.762. The first-order valence-electron chi connectivity index (χ1n) is 9.32. The number of amides is 3. The largest absolute Gasteiger partial charge is 0.493 e. The number of benzene rings is 2. The van der Waals surface area contributed by atoms with Gasteiger partial charge >= 0.3 is 0 Å². The van der Waals surface area contributed by atoms with Crippen LogP contribution < -0.4 is 20.1 Å². The molecule has 2 atom stereocenters. The Kier molecular flexibility index (Phi) is 5.29. The van der Waals surface area contributed by atoms with Gasteiger partial charge in [-0.15, -0.1) is 11.8 Å². The number of nitrogens with zero attached hydrogens (tertiary/aromatic N) is 1. The predicted molar refractivity (Wildman–Crippen MR) is 114 cm³/mol. The number of methoxy groups -OCH3 is 2. The smallest absolute Gasteiger partial charge is 0.260 e. The van der Waals surface area contributed by atoms with E-state index >= 15 is 0 Å². The van der Waals surface area contributed by atoms with Crippen LogP contribution in [0.5, 0.6) is 11.5 Å². The summed E-state index contributed by atoms with van der Waals surface area (Å²) in [5.41, 5.74) is 2.51. The summed E-state index contributed by atoms with van der Waals surface area (Å²) in [5.74, 6) is 0.708. The number of anilines is 2. The molecule has 2 aliphatic rings. The standard InChI is InChI=1S/C21H21N3O5S/c1-11(25)22-12-4-6-13(7-5-12)23-19(26)15-10-30-21-14-8-9-16(28-2)18(29-3)17(14)20(27)24(15)21/h4-9,15,21H,10H2,1-3H3,(H,22,25)(H,23,26)/t15-,21-/m0/s1. The van der Waals surface area contributed by atoms with E-state index in [0.717, 1.165) is 5.56 Å². The molecule has 2 aromatic rings. The Morgan fingerprint density at radius 1 is 1.03 bits per heavy atom. The maximum Gasteiger partial charge on any atom is 0.260 e. The SMILES string of the molecule is COc1ccc2c(c1OC)C(=O)N1[C@H](C(=O)Nc3ccc(NC(C)=O)cc3)CS[C@@H]21. The molecule has 0 spiro atoms. The molecule has 2 aromatic carbocycles. The molecule has 2 aliphatic heterocycles. The molecule has 0 aliphatic carbocycles. The summed E-state index contributed by atoms with van der Waals surface area (Å²) >= 11 is 1.55. The minimum atomic E-state index is -0.606. The van der Waals surface area contributed by atoms with Gasteiger partial charge in [0.1, 0.15) is 11.4 Å². The summed E-state index contributed by atoms with van der Waals surface area (Å²) < 4.78 is 10.7. The number of nitrogens with one attached hydrogen (secondary N) is 2. The zero-order valence-electron chi connectivity index (χ0n) is 16.7. The van der Waals surface area contributed by atoms with Gasteiger partial charge in [0.2, 0.25) is 11.8 Å². The average Bonchev–Trinajstić information content (AvgIpc) is 3.28. The Balaban J connectivity index is 1.54. The van der Waals surface area contributed by atoms with Crippen molar-refractivity contribution < 1.29 is 23.9 Å². The number of carbonyl (C=O) groups excluding carboxylic acids is 3. The van der Waals surface area contributed by atoms with Crippen molar-refractivity contribution in [3.63, 3.8) is 0 Å². The summed E-state index contributed by atoms with van der Waals surface area (Å²) in [6.45, 7) is 1.43. The van der Waals surface area contributed by atoms with Crippen LogP contribution in [0.2, 0.25) is 0 Å². The first kappa shape index (κ1) is 20.1. The molecule has 0 bridgehead atoms. The second-order valence-electron chi connectivity index (χ2n) is 6.93. The molecule has 30 heavy (non-hydrogen) atoms. The monoisotopic (exact) mass is 427 g/mol. The molecular formula is C21H21N3O5S. The lowest BCUT2D eigenvalue weighted by Crippen LogP contribution is -2.42. The number of rotatable bonds is 5. The third kappa shape index (κ3) is 3.35. The van der Waals surface area contributed by atoms with E-state index in [1.165, 1.54) is 21.1 Å². The van der Waals surface area contributed by atoms with Gasteiger partial charge in [0.15, 0.2) is 11.5 Å². The molecule has 3 amide bonds. The van der Waals surface area contributed by atoms with Crippen molar-refractivity contribution in [2.45, 2.75) is 18.3 Å². The number of ether oxygens (including phenoxy) is 2. The van der Waals surface area contributed by atoms with Crippen LogP contribution in [-0.4, -0.2) is 48.6 Å². The van der Waals surface area contributed by atoms with Crippen LogP contribution in [0, 0.1) is 0 Å². The highest BCUT2D eigenvalue weighted by molar-refractivity contribution is 7.99. The molecule has 0 unspecified atom stereocenters. The molecule has 2 N–H and O–H groups in total. The Bertz CT molecular complexity index is 1020. The minimum Gasteiger partial charge on any atom is -0.493 e. The van der Waals surface area contributed by atoms with Crippen LogP contribution in [0.3, 0.4) is 0 Å². The van der Waals surface area contributed by atoms with Gasteiger partial charge < -0.3 is 25.0 Å². The lowest BCUT2D eigenvalue weighted by atomic mass is 10.1. The Morgan fingerprint density at radius 2 is 1.70 bits per heavy atom. The number of hydrogen-bond acceptors (Lipinski definition) is 6. The van der Waals surface area contributed by atoms with Crippen LogP contribution in [0.25, 0.3) is 0 Å². The number of fused-ring (bicyclic) bond motifs is 3. The van der Waals surface area contributed by atoms with E-state index < -0.39 is 6.04 Å². The summed E-state index contributed by atoms with van der Waals surface area (Å²) in [6, 6.07) is 9.85. The van der Waals surface area contributed by atoms with Gasteiger partial charge in [-0.3, -0.25) is 14.4 Å². The van der Waals surface area contributed by atoms with E-state index in [9.17, 15) is 14.4 Å². The Labute approximate surface area is 177 Å². The van der Waals surface area contributed by atoms with E-state index in [1.807, 2.05) is 6.07 Å². The minimum absolute atomic E-state index is 0.167. The first-order chi connectivity index (χ1) is 14.4. The molecule has 156 valence electrons. The molecule has 4 rings (SSSR count). The third-order valence-corrected chi connectivity index (χ3v) is 6.37. The molecule has 9 heteroatoms. The van der Waals surface area contributed by atoms with Crippen LogP contribution in [0.1, 0.15) is 28.2 Å². The molecule has 2 heterocycles. The topological polar surface area (TPSA) is 97.0 Å². The highest BCUT2D eigenvalue weighted by Crippen LogP contribution is 2.52. The van der Waals surface area contributed by atoms with Gasteiger partial charge in [0.25, 0.3) is 5.91 Å². The van der Waals surface area contributed by atoms with Crippen LogP contribution >= 0.6 is 11.8 Å². The summed E-state index contributed by atoms with van der Waals surface area (Å²) in [5, 5.41) is 5.31. The lowest BCUT2D eigenvalue weighted by Gasteiger charge is -2.22. The molecule has 0 saturated carbocycles. The molecule has 0 radical (unpaired) electrons. The van der Waals surface area contributed by atoms with Gasteiger partial charge in [-0.25, -0.2) is 0 Å². The van der Waals surface area contributed by atoms with Crippen LogP contribution in [-0.2, 0) is 9.59 Å². The van der Waals surface area contributed by atoms with Crippen molar-refractivity contribution in [3.8, 4) is 11.5 Å². The van der Waals surface area contributed by atoms with Crippen molar-refractivity contribution in [1.82, 2.24) is 4.90 Å². The second-order valence-corrected chi connectivity index (χ2v) is 8.04. The third-order valence-electron chi connectivity index (χ3n) is 5.07. The average molecular weight is 427 g/mol. The van der Waals surface area contributed by atoms with E-state index in [-0.39, 0.29) is 23.1 Å². The van der Waals surface area contributed by atoms with E-state index in [4.69, 9.17) is 9.47 Å². The normalized spacial score (nSPS) is 19.2. The molecular weight excluding hydrogens is 406 g/mol. The van der Waals surface area contributed by atoms with E-state index in [1.54, 1.807) is 47.0 Å². The zero-order chi connectivity index (χ0) is 21.4. The van der Waals surface area contributed by atoms with Crippen molar-refractivity contribution >= 4 is 40.9 Å². The highest BCUT2D eigenvalue weighted by atomic mass is 32.2. The zero-order valence-corrected chi connectivity index (χ0v) is 17.5. The van der Waals surface area contributed by atoms with Gasteiger partial charge in [-0.1, -0.05) is 6.07 Å². The van der Waals surface area contributed by atoms with Crippen LogP contribution in [0.15, 0.2) is 36.4 Å². The summed E-state index contributed by atoms with van der Waals surface area (Å²) in [6.07, 6.45) is 0. The van der Waals surface area contributed by atoms with Gasteiger partial charge in [-0.2, -0.15) is 0 Å². The Hall–Kier alpha value is -3.20. The molecule has 0 aromatic heterocycles. The second kappa shape index (κ2) is 7.91. The maximum atomic E-state index is 13.2. The van der Waals surface area contributed by atoms with Crippen LogP contribution in [0.4, 0.5) is 11.4 Å². The fourth-order valence-electron chi connectivity index (χ4n) is 3.76. The number of carbonyl (C=O) groups is 3. The van der Waals surface area contributed by atoms with Crippen molar-refractivity contribution in [2.75, 3.05) is 30.6 Å². The predicted octanol–water partition coefficient (Wildman–Crippen LogP) is 2.87. The summed E-state index contributed by atoms with van der Waals surface area (Å²) in [4.78, 5) is 38.9. The van der Waals surface area contributed by atoms with Gasteiger partial charge in [0.05, 0.1) is 19.8 Å². The first-order valence-corrected chi connectivity index (χ1v) is 10.4.